The van der Waals surface area contributed by atoms with E-state index in [1.54, 1.807) is 42.2 Å². The minimum Gasteiger partial charge on any atom is -0.378 e. The maximum atomic E-state index is 12.8. The highest BCUT2D eigenvalue weighted by molar-refractivity contribution is 7.92. The monoisotopic (exact) mass is 374 g/mol. The number of amides is 1. The lowest BCUT2D eigenvalue weighted by Gasteiger charge is -2.27. The number of aryl methyl sites for hydroxylation is 2. The summed E-state index contributed by atoms with van der Waals surface area (Å²) >= 11 is 0. The molecule has 26 heavy (non-hydrogen) atoms. The predicted octanol–water partition coefficient (Wildman–Crippen LogP) is 2.58. The summed E-state index contributed by atoms with van der Waals surface area (Å²) in [5.41, 5.74) is 2.40. The molecule has 2 aromatic carbocycles. The molecular weight excluding hydrogens is 352 g/mol. The molecule has 1 aliphatic heterocycles. The van der Waals surface area contributed by atoms with Crippen LogP contribution in [0.1, 0.15) is 21.5 Å². The van der Waals surface area contributed by atoms with E-state index < -0.39 is 10.0 Å². The Morgan fingerprint density at radius 1 is 1.08 bits per heavy atom. The van der Waals surface area contributed by atoms with Crippen LogP contribution in [0.3, 0.4) is 0 Å². The lowest BCUT2D eigenvalue weighted by Crippen LogP contribution is -2.40. The minimum atomic E-state index is -3.79. The fourth-order valence-electron chi connectivity index (χ4n) is 2.89. The first-order valence-electron chi connectivity index (χ1n) is 8.44. The third kappa shape index (κ3) is 4.05. The number of rotatable bonds is 4. The zero-order valence-electron chi connectivity index (χ0n) is 14.9. The van der Waals surface area contributed by atoms with Crippen LogP contribution in [0, 0.1) is 13.8 Å². The first-order valence-corrected chi connectivity index (χ1v) is 9.92. The van der Waals surface area contributed by atoms with Crippen molar-refractivity contribution in [1.82, 2.24) is 4.90 Å². The molecule has 6 nitrogen and oxygen atoms in total. The second-order valence-corrected chi connectivity index (χ2v) is 8.01. The van der Waals surface area contributed by atoms with Crippen molar-refractivity contribution in [3.8, 4) is 0 Å². The van der Waals surface area contributed by atoms with Crippen LogP contribution in [0.25, 0.3) is 0 Å². The van der Waals surface area contributed by atoms with E-state index in [-0.39, 0.29) is 10.8 Å². The molecule has 0 unspecified atom stereocenters. The lowest BCUT2D eigenvalue weighted by molar-refractivity contribution is 0.0302. The van der Waals surface area contributed by atoms with E-state index >= 15 is 0 Å². The Morgan fingerprint density at radius 2 is 1.81 bits per heavy atom. The standard InChI is InChI=1S/C19H22N2O4S/c1-14-4-3-5-17(12-14)20-26(23,24)18-13-16(7-6-15(18)2)19(22)21-8-10-25-11-9-21/h3-7,12-13,20H,8-11H2,1-2H3. The van der Waals surface area contributed by atoms with Gasteiger partial charge in [0.25, 0.3) is 15.9 Å². The Bertz CT molecular complexity index is 919. The maximum absolute atomic E-state index is 12.8. The van der Waals surface area contributed by atoms with Crippen LogP contribution < -0.4 is 4.72 Å². The highest BCUT2D eigenvalue weighted by Crippen LogP contribution is 2.22. The van der Waals surface area contributed by atoms with Gasteiger partial charge in [0.15, 0.2) is 0 Å². The Balaban J connectivity index is 1.90. The number of hydrogen-bond donors (Lipinski definition) is 1. The smallest absolute Gasteiger partial charge is 0.262 e. The number of hydrogen-bond acceptors (Lipinski definition) is 4. The van der Waals surface area contributed by atoms with Gasteiger partial charge in [0.1, 0.15) is 0 Å². The second-order valence-electron chi connectivity index (χ2n) is 6.36. The average Bonchev–Trinajstić information content (AvgIpc) is 2.62. The summed E-state index contributed by atoms with van der Waals surface area (Å²) in [7, 11) is -3.79. The molecule has 3 rings (SSSR count). The van der Waals surface area contributed by atoms with Gasteiger partial charge in [-0.1, -0.05) is 18.2 Å². The van der Waals surface area contributed by atoms with Crippen molar-refractivity contribution in [1.29, 1.82) is 0 Å². The SMILES string of the molecule is Cc1cccc(NS(=O)(=O)c2cc(C(=O)N3CCOCC3)ccc2C)c1. The third-order valence-electron chi connectivity index (χ3n) is 4.29. The number of sulfonamides is 1. The van der Waals surface area contributed by atoms with E-state index in [1.165, 1.54) is 6.07 Å². The van der Waals surface area contributed by atoms with Crippen LogP contribution in [-0.2, 0) is 14.8 Å². The highest BCUT2D eigenvalue weighted by Gasteiger charge is 2.23. The number of carbonyl (C=O) groups excluding carboxylic acids is 1. The van der Waals surface area contributed by atoms with Gasteiger partial charge in [0.05, 0.1) is 18.1 Å². The van der Waals surface area contributed by atoms with Gasteiger partial charge in [0.2, 0.25) is 0 Å². The molecular formula is C19H22N2O4S. The maximum Gasteiger partial charge on any atom is 0.262 e. The first kappa shape index (κ1) is 18.4. The highest BCUT2D eigenvalue weighted by atomic mass is 32.2. The largest absolute Gasteiger partial charge is 0.378 e. The van der Waals surface area contributed by atoms with E-state index in [4.69, 9.17) is 4.74 Å². The summed E-state index contributed by atoms with van der Waals surface area (Å²) in [5, 5.41) is 0. The van der Waals surface area contributed by atoms with Crippen molar-refractivity contribution in [3.05, 3.63) is 59.2 Å². The number of ether oxygens (including phenoxy) is 1. The second kappa shape index (κ2) is 7.47. The van der Waals surface area contributed by atoms with Gasteiger partial charge in [-0.05, 0) is 49.2 Å². The third-order valence-corrected chi connectivity index (χ3v) is 5.82. The number of nitrogens with zero attached hydrogens (tertiary/aromatic N) is 1. The quantitative estimate of drug-likeness (QED) is 0.892. The zero-order chi connectivity index (χ0) is 18.7. The number of carbonyl (C=O) groups is 1. The molecule has 0 aromatic heterocycles. The molecule has 1 amide bonds. The molecule has 0 spiro atoms. The summed E-state index contributed by atoms with van der Waals surface area (Å²) in [5.74, 6) is -0.180. The van der Waals surface area contributed by atoms with E-state index in [0.717, 1.165) is 5.56 Å². The van der Waals surface area contributed by atoms with Crippen LogP contribution >= 0.6 is 0 Å². The van der Waals surface area contributed by atoms with Crippen molar-refractivity contribution in [2.45, 2.75) is 18.7 Å². The summed E-state index contributed by atoms with van der Waals surface area (Å²) in [6.07, 6.45) is 0. The molecule has 1 N–H and O–H groups in total. The summed E-state index contributed by atoms with van der Waals surface area (Å²) in [6.45, 7) is 5.63. The van der Waals surface area contributed by atoms with Crippen molar-refractivity contribution < 1.29 is 17.9 Å². The van der Waals surface area contributed by atoms with E-state index in [0.29, 0.717) is 43.1 Å². The topological polar surface area (TPSA) is 75.7 Å². The van der Waals surface area contributed by atoms with Crippen LogP contribution in [0.4, 0.5) is 5.69 Å². The van der Waals surface area contributed by atoms with Crippen molar-refractivity contribution in [2.75, 3.05) is 31.0 Å². The first-order chi connectivity index (χ1) is 12.4. The van der Waals surface area contributed by atoms with Crippen LogP contribution in [0.5, 0.6) is 0 Å². The number of nitrogens with one attached hydrogen (secondary N) is 1. The van der Waals surface area contributed by atoms with E-state index in [9.17, 15) is 13.2 Å². The van der Waals surface area contributed by atoms with Gasteiger partial charge in [-0.25, -0.2) is 8.42 Å². The van der Waals surface area contributed by atoms with Crippen molar-refractivity contribution in [2.24, 2.45) is 0 Å². The minimum absolute atomic E-state index is 0.109. The molecule has 2 aromatic rings. The molecule has 1 heterocycles. The Labute approximate surface area is 153 Å². The molecule has 1 aliphatic rings. The Hall–Kier alpha value is -2.38. The fraction of sp³-hybridized carbons (Fsp3) is 0.316. The van der Waals surface area contributed by atoms with Gasteiger partial charge in [-0.2, -0.15) is 0 Å². The summed E-state index contributed by atoms with van der Waals surface area (Å²) in [6, 6.07) is 11.9. The van der Waals surface area contributed by atoms with Gasteiger partial charge in [-0.3, -0.25) is 9.52 Å². The lowest BCUT2D eigenvalue weighted by atomic mass is 10.1. The zero-order valence-corrected chi connectivity index (χ0v) is 15.7. The number of anilines is 1. The Kier molecular flexibility index (Phi) is 5.29. The van der Waals surface area contributed by atoms with Crippen molar-refractivity contribution >= 4 is 21.6 Å². The molecule has 0 atom stereocenters. The average molecular weight is 374 g/mol. The summed E-state index contributed by atoms with van der Waals surface area (Å²) < 4.78 is 33.5. The van der Waals surface area contributed by atoms with Crippen molar-refractivity contribution in [3.63, 3.8) is 0 Å². The molecule has 138 valence electrons. The normalized spacial score (nSPS) is 14.9. The molecule has 0 radical (unpaired) electrons. The van der Waals surface area contributed by atoms with Crippen LogP contribution in [0.2, 0.25) is 0 Å². The number of benzene rings is 2. The summed E-state index contributed by atoms with van der Waals surface area (Å²) in [4.78, 5) is 14.4. The van der Waals surface area contributed by atoms with E-state index in [2.05, 4.69) is 4.72 Å². The van der Waals surface area contributed by atoms with Gasteiger partial charge in [-0.15, -0.1) is 0 Å². The molecule has 0 aliphatic carbocycles. The molecule has 0 saturated carbocycles. The van der Waals surface area contributed by atoms with Gasteiger partial charge >= 0.3 is 0 Å². The molecule has 0 bridgehead atoms. The van der Waals surface area contributed by atoms with Gasteiger partial charge < -0.3 is 9.64 Å². The predicted molar refractivity (Wildman–Crippen MR) is 99.9 cm³/mol. The fourth-order valence-corrected chi connectivity index (χ4v) is 4.21. The van der Waals surface area contributed by atoms with Gasteiger partial charge in [0, 0.05) is 24.3 Å². The van der Waals surface area contributed by atoms with E-state index in [1.807, 2.05) is 13.0 Å². The number of morpholine rings is 1. The van der Waals surface area contributed by atoms with Crippen LogP contribution in [-0.4, -0.2) is 45.5 Å². The molecule has 1 fully saturated rings. The molecule has 7 heteroatoms. The Morgan fingerprint density at radius 3 is 2.50 bits per heavy atom. The van der Waals surface area contributed by atoms with Crippen LogP contribution in [0.15, 0.2) is 47.4 Å². The molecule has 1 saturated heterocycles.